The summed E-state index contributed by atoms with van der Waals surface area (Å²) in [5, 5.41) is 58.8. The van der Waals surface area contributed by atoms with Crippen LogP contribution in [0.15, 0.2) is 53.0 Å². The molecule has 0 fully saturated rings. The smallest absolute Gasteiger partial charge is 0.341 e. The molecule has 4 heterocycles. The summed E-state index contributed by atoms with van der Waals surface area (Å²) in [4.78, 5) is 11.0. The van der Waals surface area contributed by atoms with Crippen molar-refractivity contribution in [2.45, 2.75) is 38.9 Å². The van der Waals surface area contributed by atoms with Crippen molar-refractivity contribution >= 4 is 80.0 Å². The monoisotopic (exact) mass is 826 g/mol. The number of hydrogen-bond acceptors (Lipinski definition) is 17. The molecule has 0 radical (unpaired) electrons. The number of phenols is 1. The van der Waals surface area contributed by atoms with Crippen LogP contribution in [0.5, 0.6) is 5.75 Å². The molecule has 0 spiro atoms. The second-order valence-corrected chi connectivity index (χ2v) is 13.0. The molecule has 272 valence electrons. The van der Waals surface area contributed by atoms with Crippen LogP contribution < -0.4 is 22.9 Å². The number of benzene rings is 1. The van der Waals surface area contributed by atoms with Crippen LogP contribution in [0.1, 0.15) is 49.2 Å². The first kappa shape index (κ1) is 42.4. The van der Waals surface area contributed by atoms with Crippen LogP contribution in [0.3, 0.4) is 0 Å². The Morgan fingerprint density at radius 1 is 0.686 bits per heavy atom. The van der Waals surface area contributed by atoms with Gasteiger partial charge < -0.3 is 43.0 Å². The summed E-state index contributed by atoms with van der Waals surface area (Å²) in [5.74, 6) is 0.266. The van der Waals surface area contributed by atoms with Gasteiger partial charge in [-0.25, -0.2) is 4.79 Å². The number of halogens is 4. The van der Waals surface area contributed by atoms with Crippen molar-refractivity contribution in [3.8, 4) is 17.0 Å². The predicted octanol–water partition coefficient (Wildman–Crippen LogP) is 4.57. The molecule has 0 saturated carbocycles. The molecule has 21 heteroatoms. The second-order valence-electron chi connectivity index (χ2n) is 11.0. The number of hydrogen-bond donors (Lipinski definition) is 7. The molecule has 51 heavy (non-hydrogen) atoms. The highest BCUT2D eigenvalue weighted by Crippen LogP contribution is 2.31. The quantitative estimate of drug-likeness (QED) is 0.122. The maximum Gasteiger partial charge on any atom is 0.341 e. The summed E-state index contributed by atoms with van der Waals surface area (Å²) in [6, 6.07) is 12.8. The fourth-order valence-electron chi connectivity index (χ4n) is 3.59. The molecule has 0 aliphatic carbocycles. The fraction of sp³-hybridized carbons (Fsp3) is 0.233. The largest absolute Gasteiger partial charge is 0.507 e. The van der Waals surface area contributed by atoms with Gasteiger partial charge in [0.05, 0.1) is 28.5 Å². The number of aromatic nitrogens is 8. The van der Waals surface area contributed by atoms with Gasteiger partial charge >= 0.3 is 5.97 Å². The third-order valence-electron chi connectivity index (χ3n) is 6.06. The first-order valence-electron chi connectivity index (χ1n) is 14.1. The van der Waals surface area contributed by atoms with Gasteiger partial charge in [-0.15, -0.1) is 40.8 Å². The number of nitrogens with two attached hydrogens (primary N) is 4. The molecule has 17 nitrogen and oxygen atoms in total. The normalized spacial score (nSPS) is 10.7. The highest BCUT2D eigenvalue weighted by molar-refractivity contribution is 9.10. The summed E-state index contributed by atoms with van der Waals surface area (Å²) >= 11 is 19.7. The number of esters is 1. The van der Waals surface area contributed by atoms with E-state index in [1.54, 1.807) is 64.1 Å². The van der Waals surface area contributed by atoms with Crippen LogP contribution in [0, 0.1) is 0 Å². The van der Waals surface area contributed by atoms with E-state index in [0.717, 1.165) is 0 Å². The molecule has 4 aromatic heterocycles. The van der Waals surface area contributed by atoms with Crippen LogP contribution in [0.25, 0.3) is 11.3 Å². The number of anilines is 4. The van der Waals surface area contributed by atoms with Gasteiger partial charge in [-0.1, -0.05) is 46.9 Å². The number of carbonyl (C=O) groups excluding carboxylic acids is 1. The molecule has 0 atom stereocenters. The number of rotatable bonds is 4. The number of carbonyl (C=O) groups is 1. The highest BCUT2D eigenvalue weighted by atomic mass is 79.9. The van der Waals surface area contributed by atoms with Crippen molar-refractivity contribution in [3.63, 3.8) is 0 Å². The molecule has 5 rings (SSSR count). The Morgan fingerprint density at radius 3 is 1.61 bits per heavy atom. The zero-order valence-corrected chi connectivity index (χ0v) is 31.5. The Labute approximate surface area is 315 Å². The second kappa shape index (κ2) is 18.5. The number of nitrogens with zero attached hydrogens (tertiary/aromatic N) is 8. The van der Waals surface area contributed by atoms with Crippen LogP contribution in [0.4, 0.5) is 23.3 Å². The third kappa shape index (κ3) is 13.2. The van der Waals surface area contributed by atoms with Gasteiger partial charge in [0, 0.05) is 16.7 Å². The van der Waals surface area contributed by atoms with Crippen molar-refractivity contribution < 1.29 is 24.9 Å². The van der Waals surface area contributed by atoms with E-state index in [1.165, 1.54) is 19.2 Å². The molecule has 0 aliphatic rings. The SMILES string of the molecule is CC(C)(O)c1cc(-c2ccccc2O)nnc1N.CC(C)(O)c1cc(Cl)nnc1N.COC(=O)c1cc(Cl)nnc1N.Nc1nnc(Cl)cc1Br. The van der Waals surface area contributed by atoms with Gasteiger partial charge in [0.2, 0.25) is 0 Å². The standard InChI is InChI=1S/C13H15N3O2.C7H10ClN3O.C6H6ClN3O2.C4H3BrClN3/c1-13(2,18)9-7-10(15-16-12(9)14)8-5-3-4-6-11(8)17;1-7(2,12)4-3-5(8)10-11-6(4)9;1-12-6(11)3-2-4(7)9-10-5(3)8;5-2-1-3(6)8-9-4(2)7/h3-7,17-18H,1-2H3,(H2,14,16);3,12H,1-2H3,(H2,9,11);2H,1H3,(H2,8,10);1H,(H2,7,9). The van der Waals surface area contributed by atoms with E-state index in [-0.39, 0.29) is 39.1 Å². The molecule has 0 bridgehead atoms. The summed E-state index contributed by atoms with van der Waals surface area (Å²) in [6.07, 6.45) is 0. The predicted molar refractivity (Wildman–Crippen MR) is 197 cm³/mol. The number of aliphatic hydroxyl groups is 2. The van der Waals surface area contributed by atoms with Gasteiger partial charge in [-0.2, -0.15) is 0 Å². The van der Waals surface area contributed by atoms with E-state index >= 15 is 0 Å². The topological polar surface area (TPSA) is 294 Å². The summed E-state index contributed by atoms with van der Waals surface area (Å²) < 4.78 is 5.10. The molecule has 0 saturated heterocycles. The molecule has 1 aromatic carbocycles. The number of phenolic OH excluding ortho intramolecular Hbond substituents is 1. The lowest BCUT2D eigenvalue weighted by molar-refractivity contribution is 0.0600. The summed E-state index contributed by atoms with van der Waals surface area (Å²) in [6.45, 7) is 6.46. The minimum Gasteiger partial charge on any atom is -0.507 e. The Balaban J connectivity index is 0.000000244. The molecule has 0 unspecified atom stereocenters. The number of methoxy groups -OCH3 is 1. The van der Waals surface area contributed by atoms with E-state index in [0.29, 0.717) is 37.8 Å². The lowest BCUT2D eigenvalue weighted by atomic mass is 9.97. The van der Waals surface area contributed by atoms with Gasteiger partial charge in [-0.3, -0.25) is 0 Å². The van der Waals surface area contributed by atoms with Crippen molar-refractivity contribution in [2.24, 2.45) is 0 Å². The Hall–Kier alpha value is -4.72. The van der Waals surface area contributed by atoms with E-state index < -0.39 is 17.2 Å². The summed E-state index contributed by atoms with van der Waals surface area (Å²) in [7, 11) is 1.25. The number of aromatic hydroxyl groups is 1. The number of para-hydroxylation sites is 1. The number of ether oxygens (including phenoxy) is 1. The average Bonchev–Trinajstić information content (AvgIpc) is 3.05. The first-order chi connectivity index (χ1) is 23.6. The minimum absolute atomic E-state index is 0.00579. The Kier molecular flexibility index (Phi) is 15.4. The Bertz CT molecular complexity index is 1960. The van der Waals surface area contributed by atoms with E-state index in [9.17, 15) is 20.1 Å². The van der Waals surface area contributed by atoms with Crippen LogP contribution in [-0.4, -0.2) is 69.2 Å². The maximum atomic E-state index is 11.0. The van der Waals surface area contributed by atoms with Crippen molar-refractivity contribution in [1.29, 1.82) is 0 Å². The molecule has 5 aromatic rings. The van der Waals surface area contributed by atoms with Crippen molar-refractivity contribution in [3.05, 3.63) is 85.2 Å². The van der Waals surface area contributed by atoms with E-state index in [2.05, 4.69) is 61.5 Å². The zero-order chi connectivity index (χ0) is 38.7. The lowest BCUT2D eigenvalue weighted by Crippen LogP contribution is -2.19. The Morgan fingerprint density at radius 2 is 1.14 bits per heavy atom. The molecule has 0 amide bonds. The van der Waals surface area contributed by atoms with Crippen molar-refractivity contribution in [1.82, 2.24) is 40.8 Å². The van der Waals surface area contributed by atoms with Crippen LogP contribution in [0.2, 0.25) is 15.5 Å². The third-order valence-corrected chi connectivity index (χ3v) is 7.24. The van der Waals surface area contributed by atoms with E-state index in [4.69, 9.17) is 57.7 Å². The lowest BCUT2D eigenvalue weighted by Gasteiger charge is -2.19. The molecular weight excluding hydrogens is 795 g/mol. The molecule has 11 N–H and O–H groups in total. The minimum atomic E-state index is -1.11. The van der Waals surface area contributed by atoms with E-state index in [1.807, 2.05) is 0 Å². The zero-order valence-electron chi connectivity index (χ0n) is 27.7. The summed E-state index contributed by atoms with van der Waals surface area (Å²) in [5.41, 5.74) is 21.8. The van der Waals surface area contributed by atoms with Gasteiger partial charge in [0.1, 0.15) is 11.3 Å². The highest BCUT2D eigenvalue weighted by Gasteiger charge is 2.22. The number of nitrogen functional groups attached to an aromatic ring is 4. The van der Waals surface area contributed by atoms with Crippen molar-refractivity contribution in [2.75, 3.05) is 30.0 Å². The van der Waals surface area contributed by atoms with Gasteiger partial charge in [0.15, 0.2) is 38.7 Å². The first-order valence-corrected chi connectivity index (χ1v) is 16.1. The molecular formula is C30H34BrCl3N12O5. The van der Waals surface area contributed by atoms with Gasteiger partial charge in [0.25, 0.3) is 0 Å². The maximum absolute atomic E-state index is 11.0. The molecule has 0 aliphatic heterocycles. The van der Waals surface area contributed by atoms with Crippen LogP contribution >= 0.6 is 50.7 Å². The van der Waals surface area contributed by atoms with Crippen LogP contribution in [-0.2, 0) is 15.9 Å². The van der Waals surface area contributed by atoms with Gasteiger partial charge in [-0.05, 0) is 80.0 Å². The average molecular weight is 829 g/mol. The fourth-order valence-corrected chi connectivity index (χ4v) is 4.46.